The zero-order valence-electron chi connectivity index (χ0n) is 12.8. The number of hydrazone groups is 1. The average molecular weight is 316 g/mol. The predicted octanol–water partition coefficient (Wildman–Crippen LogP) is 3.62. The Bertz CT molecular complexity index is 619. The van der Waals surface area contributed by atoms with E-state index in [2.05, 4.69) is 17.5 Å². The van der Waals surface area contributed by atoms with Crippen LogP contribution in [0.4, 0.5) is 0 Å². The minimum atomic E-state index is -0.107. The van der Waals surface area contributed by atoms with Crippen molar-refractivity contribution in [2.75, 3.05) is 6.61 Å². The fourth-order valence-electron chi connectivity index (χ4n) is 1.83. The van der Waals surface area contributed by atoms with Crippen molar-refractivity contribution in [2.45, 2.75) is 26.7 Å². The van der Waals surface area contributed by atoms with Crippen molar-refractivity contribution >= 4 is 23.0 Å². The lowest BCUT2D eigenvalue weighted by Crippen LogP contribution is -2.20. The first-order valence-corrected chi connectivity index (χ1v) is 8.15. The van der Waals surface area contributed by atoms with Crippen LogP contribution >= 0.6 is 11.3 Å². The number of benzene rings is 1. The second-order valence-corrected chi connectivity index (χ2v) is 5.89. The molecule has 0 spiro atoms. The molecule has 4 nitrogen and oxygen atoms in total. The van der Waals surface area contributed by atoms with Gasteiger partial charge in [0.15, 0.2) is 0 Å². The van der Waals surface area contributed by atoms with Crippen molar-refractivity contribution in [3.63, 3.8) is 0 Å². The smallest absolute Gasteiger partial charge is 0.245 e. The van der Waals surface area contributed by atoms with Gasteiger partial charge in [-0.1, -0.05) is 13.0 Å². The molecule has 0 saturated carbocycles. The van der Waals surface area contributed by atoms with Crippen molar-refractivity contribution in [1.82, 2.24) is 5.43 Å². The molecule has 0 unspecified atom stereocenters. The molecule has 2 rings (SSSR count). The third kappa shape index (κ3) is 5.00. The number of rotatable bonds is 7. The standard InChI is InChI=1S/C17H20N2O2S/c1-3-10-21-15-8-6-14(7-9-15)13(2)18-19-17(20)12-16-5-4-11-22-16/h4-9,11H,3,10,12H2,1-2H3,(H,19,20)/b18-13+. The molecule has 1 aromatic heterocycles. The minimum absolute atomic E-state index is 0.107. The van der Waals surface area contributed by atoms with Crippen molar-refractivity contribution in [1.29, 1.82) is 0 Å². The molecule has 1 N–H and O–H groups in total. The van der Waals surface area contributed by atoms with Crippen molar-refractivity contribution in [2.24, 2.45) is 5.10 Å². The van der Waals surface area contributed by atoms with E-state index in [1.54, 1.807) is 11.3 Å². The third-order valence-electron chi connectivity index (χ3n) is 3.01. The van der Waals surface area contributed by atoms with Gasteiger partial charge in [0.2, 0.25) is 5.91 Å². The van der Waals surface area contributed by atoms with E-state index in [4.69, 9.17) is 4.74 Å². The number of ether oxygens (including phenoxy) is 1. The van der Waals surface area contributed by atoms with Gasteiger partial charge in [0, 0.05) is 4.88 Å². The molecule has 1 aromatic carbocycles. The highest BCUT2D eigenvalue weighted by molar-refractivity contribution is 7.10. The monoisotopic (exact) mass is 316 g/mol. The summed E-state index contributed by atoms with van der Waals surface area (Å²) in [6.07, 6.45) is 1.34. The molecule has 0 saturated heterocycles. The van der Waals surface area contributed by atoms with Crippen LogP contribution in [0.25, 0.3) is 0 Å². The van der Waals surface area contributed by atoms with Crippen molar-refractivity contribution in [3.05, 3.63) is 52.2 Å². The fourth-order valence-corrected chi connectivity index (χ4v) is 2.54. The fraction of sp³-hybridized carbons (Fsp3) is 0.294. The Balaban J connectivity index is 1.89. The summed E-state index contributed by atoms with van der Waals surface area (Å²) in [5.74, 6) is 0.741. The second kappa shape index (κ2) is 8.34. The van der Waals surface area contributed by atoms with Gasteiger partial charge in [-0.15, -0.1) is 11.3 Å². The molecular formula is C17H20N2O2S. The van der Waals surface area contributed by atoms with E-state index in [1.165, 1.54) is 0 Å². The number of carbonyl (C=O) groups excluding carboxylic acids is 1. The van der Waals surface area contributed by atoms with Gasteiger partial charge in [-0.3, -0.25) is 4.79 Å². The summed E-state index contributed by atoms with van der Waals surface area (Å²) in [5, 5.41) is 6.11. The van der Waals surface area contributed by atoms with Crippen LogP contribution in [0.3, 0.4) is 0 Å². The van der Waals surface area contributed by atoms with Crippen LogP contribution in [-0.2, 0) is 11.2 Å². The quantitative estimate of drug-likeness (QED) is 0.626. The van der Waals surface area contributed by atoms with E-state index < -0.39 is 0 Å². The average Bonchev–Trinajstić information content (AvgIpc) is 3.04. The Morgan fingerprint density at radius 2 is 2.05 bits per heavy atom. The normalized spacial score (nSPS) is 11.3. The van der Waals surface area contributed by atoms with Crippen LogP contribution in [0.5, 0.6) is 5.75 Å². The molecular weight excluding hydrogens is 296 g/mol. The largest absolute Gasteiger partial charge is 0.494 e. The maximum atomic E-state index is 11.8. The number of carbonyl (C=O) groups is 1. The van der Waals surface area contributed by atoms with Gasteiger partial charge in [-0.25, -0.2) is 5.43 Å². The molecule has 0 bridgehead atoms. The van der Waals surface area contributed by atoms with Crippen LogP contribution < -0.4 is 10.2 Å². The lowest BCUT2D eigenvalue weighted by molar-refractivity contribution is -0.120. The third-order valence-corrected chi connectivity index (χ3v) is 3.88. The summed E-state index contributed by atoms with van der Waals surface area (Å²) in [6, 6.07) is 11.6. The Hall–Kier alpha value is -2.14. The topological polar surface area (TPSA) is 50.7 Å². The lowest BCUT2D eigenvalue weighted by Gasteiger charge is -2.06. The molecule has 1 amide bonds. The van der Waals surface area contributed by atoms with Gasteiger partial charge in [0.05, 0.1) is 18.7 Å². The van der Waals surface area contributed by atoms with Gasteiger partial charge in [0.1, 0.15) is 5.75 Å². The van der Waals surface area contributed by atoms with Crippen LogP contribution in [0.1, 0.15) is 30.7 Å². The predicted molar refractivity (Wildman–Crippen MR) is 90.6 cm³/mol. The minimum Gasteiger partial charge on any atom is -0.494 e. The molecule has 2 aromatic rings. The molecule has 0 aliphatic carbocycles. The Morgan fingerprint density at radius 1 is 1.27 bits per heavy atom. The number of nitrogens with zero attached hydrogens (tertiary/aromatic N) is 1. The number of hydrogen-bond donors (Lipinski definition) is 1. The Kier molecular flexibility index (Phi) is 6.15. The molecule has 0 radical (unpaired) electrons. The molecule has 116 valence electrons. The number of amides is 1. The summed E-state index contributed by atoms with van der Waals surface area (Å²) in [7, 11) is 0. The molecule has 0 aliphatic heterocycles. The first-order chi connectivity index (χ1) is 10.7. The first-order valence-electron chi connectivity index (χ1n) is 7.27. The Morgan fingerprint density at radius 3 is 2.68 bits per heavy atom. The first kappa shape index (κ1) is 16.2. The highest BCUT2D eigenvalue weighted by Gasteiger charge is 2.04. The maximum absolute atomic E-state index is 11.8. The van der Waals surface area contributed by atoms with Crippen molar-refractivity contribution in [3.8, 4) is 5.75 Å². The maximum Gasteiger partial charge on any atom is 0.245 e. The highest BCUT2D eigenvalue weighted by Crippen LogP contribution is 2.13. The molecule has 1 heterocycles. The number of hydrogen-bond acceptors (Lipinski definition) is 4. The van der Waals surface area contributed by atoms with Crippen LogP contribution in [0, 0.1) is 0 Å². The van der Waals surface area contributed by atoms with Gasteiger partial charge in [0.25, 0.3) is 0 Å². The summed E-state index contributed by atoms with van der Waals surface area (Å²) in [4.78, 5) is 12.8. The molecule has 0 aliphatic rings. The molecule has 0 atom stereocenters. The van der Waals surface area contributed by atoms with E-state index in [0.29, 0.717) is 13.0 Å². The zero-order chi connectivity index (χ0) is 15.8. The summed E-state index contributed by atoms with van der Waals surface area (Å²) in [6.45, 7) is 4.66. The van der Waals surface area contributed by atoms with E-state index in [0.717, 1.165) is 28.3 Å². The SMILES string of the molecule is CCCOc1ccc(/C(C)=N/NC(=O)Cc2cccs2)cc1. The van der Waals surface area contributed by atoms with Crippen LogP contribution in [0.2, 0.25) is 0 Å². The lowest BCUT2D eigenvalue weighted by atomic mass is 10.1. The van der Waals surface area contributed by atoms with E-state index in [9.17, 15) is 4.79 Å². The van der Waals surface area contributed by atoms with E-state index in [-0.39, 0.29) is 5.91 Å². The van der Waals surface area contributed by atoms with Gasteiger partial charge in [-0.05, 0) is 54.6 Å². The summed E-state index contributed by atoms with van der Waals surface area (Å²) < 4.78 is 5.54. The molecule has 0 fully saturated rings. The summed E-state index contributed by atoms with van der Waals surface area (Å²) >= 11 is 1.57. The van der Waals surface area contributed by atoms with Gasteiger partial charge >= 0.3 is 0 Å². The molecule has 22 heavy (non-hydrogen) atoms. The zero-order valence-corrected chi connectivity index (χ0v) is 13.7. The summed E-state index contributed by atoms with van der Waals surface area (Å²) in [5.41, 5.74) is 4.32. The Labute approximate surface area is 134 Å². The van der Waals surface area contributed by atoms with Gasteiger partial charge < -0.3 is 4.74 Å². The molecule has 5 heteroatoms. The van der Waals surface area contributed by atoms with E-state index in [1.807, 2.05) is 48.7 Å². The van der Waals surface area contributed by atoms with Gasteiger partial charge in [-0.2, -0.15) is 5.10 Å². The number of nitrogens with one attached hydrogen (secondary N) is 1. The van der Waals surface area contributed by atoms with Crippen LogP contribution in [0.15, 0.2) is 46.9 Å². The second-order valence-electron chi connectivity index (χ2n) is 4.86. The van der Waals surface area contributed by atoms with Crippen molar-refractivity contribution < 1.29 is 9.53 Å². The van der Waals surface area contributed by atoms with E-state index >= 15 is 0 Å². The highest BCUT2D eigenvalue weighted by atomic mass is 32.1. The van der Waals surface area contributed by atoms with Crippen LogP contribution in [-0.4, -0.2) is 18.2 Å². The number of thiophene rings is 1.